The fourth-order valence-electron chi connectivity index (χ4n) is 2.54. The van der Waals surface area contributed by atoms with Crippen LogP contribution in [0.4, 0.5) is 17.1 Å². The molecule has 0 aromatic heterocycles. The quantitative estimate of drug-likeness (QED) is 0.591. The average Bonchev–Trinajstić information content (AvgIpc) is 2.48. The van der Waals surface area contributed by atoms with Crippen LogP contribution in [-0.4, -0.2) is 11.0 Å². The molecule has 1 atom stereocenters. The van der Waals surface area contributed by atoms with Crippen LogP contribution in [0.25, 0.3) is 6.08 Å². The molecule has 2 aromatic carbocycles. The smallest absolute Gasteiger partial charge is 0.271 e. The maximum Gasteiger partial charge on any atom is 0.271 e. The first-order chi connectivity index (χ1) is 10.1. The molecule has 0 bridgehead atoms. The zero-order valence-electron chi connectivity index (χ0n) is 11.4. The molecule has 0 fully saturated rings. The zero-order valence-corrected chi connectivity index (χ0v) is 12.1. The number of nitro benzene ring substituents is 1. The van der Waals surface area contributed by atoms with E-state index in [0.29, 0.717) is 10.7 Å². The molecule has 21 heavy (non-hydrogen) atoms. The van der Waals surface area contributed by atoms with Crippen molar-refractivity contribution in [2.45, 2.75) is 13.0 Å². The normalized spacial score (nSPS) is 16.7. The summed E-state index contributed by atoms with van der Waals surface area (Å²) in [5.74, 6) is 0. The number of anilines is 2. The summed E-state index contributed by atoms with van der Waals surface area (Å²) >= 11 is 6.28. The molecule has 0 spiro atoms. The third-order valence-corrected chi connectivity index (χ3v) is 3.88. The van der Waals surface area contributed by atoms with E-state index in [-0.39, 0.29) is 11.7 Å². The molecule has 3 rings (SSSR count). The van der Waals surface area contributed by atoms with Crippen molar-refractivity contribution in [3.05, 3.63) is 69.2 Å². The Morgan fingerprint density at radius 1 is 1.19 bits per heavy atom. The van der Waals surface area contributed by atoms with Crippen molar-refractivity contribution in [2.24, 2.45) is 0 Å². The molecule has 106 valence electrons. The summed E-state index contributed by atoms with van der Waals surface area (Å²) in [5, 5.41) is 11.5. The molecule has 0 radical (unpaired) electrons. The molecule has 0 N–H and O–H groups in total. The van der Waals surface area contributed by atoms with Gasteiger partial charge in [0.1, 0.15) is 0 Å². The van der Waals surface area contributed by atoms with E-state index in [1.165, 1.54) is 12.1 Å². The van der Waals surface area contributed by atoms with Crippen LogP contribution in [0.15, 0.2) is 48.5 Å². The summed E-state index contributed by atoms with van der Waals surface area (Å²) in [6.07, 6.45) is 4.11. The highest BCUT2D eigenvalue weighted by atomic mass is 35.5. The van der Waals surface area contributed by atoms with Gasteiger partial charge >= 0.3 is 0 Å². The lowest BCUT2D eigenvalue weighted by Gasteiger charge is -2.34. The first-order valence-corrected chi connectivity index (χ1v) is 6.96. The number of halogens is 1. The van der Waals surface area contributed by atoms with Gasteiger partial charge in [-0.1, -0.05) is 42.0 Å². The molecule has 1 aliphatic rings. The minimum atomic E-state index is -0.407. The Kier molecular flexibility index (Phi) is 3.39. The van der Waals surface area contributed by atoms with E-state index in [1.54, 1.807) is 6.07 Å². The third-order valence-electron chi connectivity index (χ3n) is 3.56. The third kappa shape index (κ3) is 2.38. The molecule has 5 heteroatoms. The van der Waals surface area contributed by atoms with Gasteiger partial charge in [-0.05, 0) is 24.6 Å². The molecule has 0 saturated carbocycles. The van der Waals surface area contributed by atoms with Crippen LogP contribution in [0.5, 0.6) is 0 Å². The second kappa shape index (κ2) is 5.22. The summed E-state index contributed by atoms with van der Waals surface area (Å²) in [4.78, 5) is 12.6. The van der Waals surface area contributed by atoms with Crippen molar-refractivity contribution in [3.63, 3.8) is 0 Å². The van der Waals surface area contributed by atoms with Gasteiger partial charge in [-0.25, -0.2) is 0 Å². The van der Waals surface area contributed by atoms with Crippen LogP contribution in [0.1, 0.15) is 12.5 Å². The molecule has 0 aliphatic carbocycles. The number of nitrogens with zero attached hydrogens (tertiary/aromatic N) is 2. The van der Waals surface area contributed by atoms with Gasteiger partial charge in [-0.3, -0.25) is 10.1 Å². The topological polar surface area (TPSA) is 46.4 Å². The van der Waals surface area contributed by atoms with E-state index in [9.17, 15) is 10.1 Å². The van der Waals surface area contributed by atoms with Gasteiger partial charge in [0.25, 0.3) is 5.69 Å². The summed E-state index contributed by atoms with van der Waals surface area (Å²) < 4.78 is 0. The largest absolute Gasteiger partial charge is 0.333 e. The lowest BCUT2D eigenvalue weighted by atomic mass is 10.0. The Bertz CT molecular complexity index is 743. The van der Waals surface area contributed by atoms with E-state index >= 15 is 0 Å². The van der Waals surface area contributed by atoms with Crippen LogP contribution in [0, 0.1) is 10.1 Å². The van der Waals surface area contributed by atoms with Gasteiger partial charge in [-0.2, -0.15) is 0 Å². The molecule has 4 nitrogen and oxygen atoms in total. The standard InChI is InChI=1S/C16H13ClN2O2/c1-11-6-7-12-4-2-3-5-15(12)18(11)16-10-13(19(20)21)8-9-14(16)17/h2-11H,1H3. The maximum absolute atomic E-state index is 11.0. The summed E-state index contributed by atoms with van der Waals surface area (Å²) in [6.45, 7) is 2.03. The van der Waals surface area contributed by atoms with Gasteiger partial charge in [0, 0.05) is 23.9 Å². The Hall–Kier alpha value is -2.33. The van der Waals surface area contributed by atoms with Crippen molar-refractivity contribution in [1.82, 2.24) is 0 Å². The molecule has 1 unspecified atom stereocenters. The summed E-state index contributed by atoms with van der Waals surface area (Å²) in [7, 11) is 0. The molecule has 0 amide bonds. The number of hydrogen-bond donors (Lipinski definition) is 0. The van der Waals surface area contributed by atoms with E-state index in [2.05, 4.69) is 12.2 Å². The Morgan fingerprint density at radius 2 is 1.95 bits per heavy atom. The van der Waals surface area contributed by atoms with Gasteiger partial charge in [0.2, 0.25) is 0 Å². The van der Waals surface area contributed by atoms with E-state index in [4.69, 9.17) is 11.6 Å². The number of hydrogen-bond acceptors (Lipinski definition) is 3. The average molecular weight is 301 g/mol. The SMILES string of the molecule is CC1C=Cc2ccccc2N1c1cc([N+](=O)[O-])ccc1Cl. The van der Waals surface area contributed by atoms with Gasteiger partial charge in [0.15, 0.2) is 0 Å². The maximum atomic E-state index is 11.0. The lowest BCUT2D eigenvalue weighted by Crippen LogP contribution is -2.29. The molecule has 0 saturated heterocycles. The zero-order chi connectivity index (χ0) is 15.0. The Balaban J connectivity index is 2.17. The fraction of sp³-hybridized carbons (Fsp3) is 0.125. The van der Waals surface area contributed by atoms with Gasteiger partial charge < -0.3 is 4.90 Å². The van der Waals surface area contributed by atoms with Crippen molar-refractivity contribution in [3.8, 4) is 0 Å². The van der Waals surface area contributed by atoms with Crippen molar-refractivity contribution >= 4 is 34.7 Å². The van der Waals surface area contributed by atoms with Crippen LogP contribution in [-0.2, 0) is 0 Å². The molecule has 1 heterocycles. The van der Waals surface area contributed by atoms with Crippen LogP contribution in [0.2, 0.25) is 5.02 Å². The molecule has 2 aromatic rings. The molecule has 1 aliphatic heterocycles. The molecular weight excluding hydrogens is 288 g/mol. The predicted molar refractivity (Wildman–Crippen MR) is 85.2 cm³/mol. The van der Waals surface area contributed by atoms with Crippen LogP contribution >= 0.6 is 11.6 Å². The van der Waals surface area contributed by atoms with Crippen molar-refractivity contribution < 1.29 is 4.92 Å². The van der Waals surface area contributed by atoms with E-state index in [0.717, 1.165) is 11.3 Å². The Morgan fingerprint density at radius 3 is 2.71 bits per heavy atom. The van der Waals surface area contributed by atoms with Crippen LogP contribution < -0.4 is 4.90 Å². The second-order valence-electron chi connectivity index (χ2n) is 4.92. The number of para-hydroxylation sites is 1. The number of rotatable bonds is 2. The van der Waals surface area contributed by atoms with Crippen molar-refractivity contribution in [2.75, 3.05) is 4.90 Å². The first kappa shape index (κ1) is 13.6. The minimum Gasteiger partial charge on any atom is -0.333 e. The highest BCUT2D eigenvalue weighted by molar-refractivity contribution is 6.33. The predicted octanol–water partition coefficient (Wildman–Crippen LogP) is 4.80. The van der Waals surface area contributed by atoms with Gasteiger partial charge in [0.05, 0.1) is 15.6 Å². The van der Waals surface area contributed by atoms with Crippen molar-refractivity contribution in [1.29, 1.82) is 0 Å². The highest BCUT2D eigenvalue weighted by Crippen LogP contribution is 2.40. The first-order valence-electron chi connectivity index (χ1n) is 6.58. The number of non-ortho nitro benzene ring substituents is 1. The minimum absolute atomic E-state index is 0.0358. The van der Waals surface area contributed by atoms with E-state index < -0.39 is 4.92 Å². The Labute approximate surface area is 127 Å². The summed E-state index contributed by atoms with van der Waals surface area (Å²) in [5.41, 5.74) is 2.75. The van der Waals surface area contributed by atoms with Gasteiger partial charge in [-0.15, -0.1) is 0 Å². The lowest BCUT2D eigenvalue weighted by molar-refractivity contribution is -0.384. The number of nitro groups is 1. The number of benzene rings is 2. The van der Waals surface area contributed by atoms with E-state index in [1.807, 2.05) is 36.1 Å². The summed E-state index contributed by atoms with van der Waals surface area (Å²) in [6, 6.07) is 12.5. The molecular formula is C16H13ClN2O2. The fourth-order valence-corrected chi connectivity index (χ4v) is 2.75. The second-order valence-corrected chi connectivity index (χ2v) is 5.33. The van der Waals surface area contributed by atoms with Crippen LogP contribution in [0.3, 0.4) is 0 Å². The monoisotopic (exact) mass is 300 g/mol. The highest BCUT2D eigenvalue weighted by Gasteiger charge is 2.24. The number of fused-ring (bicyclic) bond motifs is 1.